The second-order valence-corrected chi connectivity index (χ2v) is 8.35. The summed E-state index contributed by atoms with van der Waals surface area (Å²) in [5, 5.41) is 0.852. The minimum atomic E-state index is -0.144. The lowest BCUT2D eigenvalue weighted by atomic mass is 9.97. The highest BCUT2D eigenvalue weighted by Crippen LogP contribution is 2.20. The molecule has 1 aromatic heterocycles. The van der Waals surface area contributed by atoms with Gasteiger partial charge in [-0.05, 0) is 18.2 Å². The maximum atomic E-state index is 13.3. The first-order valence-electron chi connectivity index (χ1n) is 11.3. The van der Waals surface area contributed by atoms with Gasteiger partial charge in [-0.15, -0.1) is 0 Å². The molecule has 0 saturated carbocycles. The molecule has 4 aromatic rings. The molecule has 170 valence electrons. The van der Waals surface area contributed by atoms with E-state index in [9.17, 15) is 9.59 Å². The van der Waals surface area contributed by atoms with E-state index in [4.69, 9.17) is 5.73 Å². The van der Waals surface area contributed by atoms with Crippen molar-refractivity contribution >= 4 is 28.4 Å². The standard InChI is InChI=1S/C27H25N5O2/c28-26-22-12-6-7-13-23(22)29-24(30-26)18-31-14-16-32(17-15-31)27(34)21-11-5-4-10-20(21)25(33)19-8-2-1-3-9-19/h1-13H,14-18H2,(H2,28,29,30). The number of hydrogen-bond donors (Lipinski definition) is 1. The number of anilines is 1. The summed E-state index contributed by atoms with van der Waals surface area (Å²) in [5.74, 6) is 0.892. The maximum absolute atomic E-state index is 13.3. The molecule has 5 rings (SSSR count). The summed E-state index contributed by atoms with van der Waals surface area (Å²) < 4.78 is 0. The van der Waals surface area contributed by atoms with Gasteiger partial charge in [0.2, 0.25) is 0 Å². The van der Waals surface area contributed by atoms with E-state index in [0.29, 0.717) is 61.1 Å². The number of nitrogen functional groups attached to an aromatic ring is 1. The smallest absolute Gasteiger partial charge is 0.254 e. The number of aromatic nitrogens is 2. The van der Waals surface area contributed by atoms with Crippen LogP contribution in [0.2, 0.25) is 0 Å². The monoisotopic (exact) mass is 451 g/mol. The van der Waals surface area contributed by atoms with Crippen molar-refractivity contribution in [1.29, 1.82) is 0 Å². The molecule has 1 aliphatic rings. The van der Waals surface area contributed by atoms with Crippen molar-refractivity contribution in [3.63, 3.8) is 0 Å². The number of para-hydroxylation sites is 1. The van der Waals surface area contributed by atoms with Crippen LogP contribution in [0.15, 0.2) is 78.9 Å². The molecule has 0 unspecified atom stereocenters. The Kier molecular flexibility index (Phi) is 6.01. The molecule has 0 spiro atoms. The number of piperazine rings is 1. The predicted octanol–water partition coefficient (Wildman–Crippen LogP) is 3.40. The summed E-state index contributed by atoms with van der Waals surface area (Å²) in [4.78, 5) is 39.5. The molecule has 34 heavy (non-hydrogen) atoms. The number of ketones is 1. The van der Waals surface area contributed by atoms with Crippen LogP contribution in [-0.2, 0) is 6.54 Å². The quantitative estimate of drug-likeness (QED) is 0.468. The SMILES string of the molecule is Nc1nc(CN2CCN(C(=O)c3ccccc3C(=O)c3ccccc3)CC2)nc2ccccc12. The molecule has 7 nitrogen and oxygen atoms in total. The largest absolute Gasteiger partial charge is 0.383 e. The molecule has 7 heteroatoms. The molecule has 1 aliphatic heterocycles. The molecule has 0 bridgehead atoms. The summed E-state index contributed by atoms with van der Waals surface area (Å²) >= 11 is 0. The molecule has 0 aliphatic carbocycles. The second kappa shape index (κ2) is 9.41. The van der Waals surface area contributed by atoms with Crippen LogP contribution >= 0.6 is 0 Å². The molecule has 2 heterocycles. The first kappa shape index (κ1) is 21.7. The van der Waals surface area contributed by atoms with Crippen molar-refractivity contribution in [2.45, 2.75) is 6.54 Å². The highest BCUT2D eigenvalue weighted by Gasteiger charge is 2.26. The first-order valence-corrected chi connectivity index (χ1v) is 11.3. The van der Waals surface area contributed by atoms with E-state index in [-0.39, 0.29) is 11.7 Å². The number of hydrogen-bond acceptors (Lipinski definition) is 6. The summed E-state index contributed by atoms with van der Waals surface area (Å²) in [6.07, 6.45) is 0. The van der Waals surface area contributed by atoms with Gasteiger partial charge < -0.3 is 10.6 Å². The molecule has 3 aromatic carbocycles. The number of benzene rings is 3. The van der Waals surface area contributed by atoms with Crippen molar-refractivity contribution in [1.82, 2.24) is 19.8 Å². The van der Waals surface area contributed by atoms with Crippen molar-refractivity contribution in [2.24, 2.45) is 0 Å². The van der Waals surface area contributed by atoms with Crippen LogP contribution in [0.1, 0.15) is 32.1 Å². The topological polar surface area (TPSA) is 92.4 Å². The van der Waals surface area contributed by atoms with Crippen molar-refractivity contribution in [3.8, 4) is 0 Å². The van der Waals surface area contributed by atoms with E-state index in [1.54, 1.807) is 36.4 Å². The Bertz CT molecular complexity index is 1350. The van der Waals surface area contributed by atoms with Gasteiger partial charge in [0.15, 0.2) is 5.78 Å². The molecule has 1 amide bonds. The molecule has 0 radical (unpaired) electrons. The third kappa shape index (κ3) is 4.38. The number of fused-ring (bicyclic) bond motifs is 1. The van der Waals surface area contributed by atoms with E-state index in [0.717, 1.165) is 10.9 Å². The lowest BCUT2D eigenvalue weighted by molar-refractivity contribution is 0.0623. The van der Waals surface area contributed by atoms with E-state index in [1.165, 1.54) is 0 Å². The molecular weight excluding hydrogens is 426 g/mol. The van der Waals surface area contributed by atoms with E-state index < -0.39 is 0 Å². The lowest BCUT2D eigenvalue weighted by Gasteiger charge is -2.34. The predicted molar refractivity (Wildman–Crippen MR) is 131 cm³/mol. The van der Waals surface area contributed by atoms with E-state index in [2.05, 4.69) is 14.9 Å². The second-order valence-electron chi connectivity index (χ2n) is 8.35. The summed E-state index contributed by atoms with van der Waals surface area (Å²) in [5.41, 5.74) is 8.39. The average Bonchev–Trinajstić information content (AvgIpc) is 2.89. The van der Waals surface area contributed by atoms with Gasteiger partial charge in [0.25, 0.3) is 5.91 Å². The van der Waals surface area contributed by atoms with Gasteiger partial charge >= 0.3 is 0 Å². The average molecular weight is 452 g/mol. The van der Waals surface area contributed by atoms with Crippen LogP contribution in [0, 0.1) is 0 Å². The number of amides is 1. The Morgan fingerprint density at radius 1 is 0.765 bits per heavy atom. The van der Waals surface area contributed by atoms with Crippen molar-refractivity contribution < 1.29 is 9.59 Å². The zero-order valence-corrected chi connectivity index (χ0v) is 18.7. The molecule has 1 saturated heterocycles. The molecule has 1 fully saturated rings. The third-order valence-corrected chi connectivity index (χ3v) is 6.14. The minimum absolute atomic E-state index is 0.120. The molecule has 0 atom stereocenters. The van der Waals surface area contributed by atoms with Gasteiger partial charge in [0.05, 0.1) is 17.6 Å². The van der Waals surface area contributed by atoms with Crippen LogP contribution in [0.25, 0.3) is 10.9 Å². The fourth-order valence-electron chi connectivity index (χ4n) is 4.31. The lowest BCUT2D eigenvalue weighted by Crippen LogP contribution is -2.48. The number of nitrogens with two attached hydrogens (primary N) is 1. The molecule has 2 N–H and O–H groups in total. The fraction of sp³-hybridized carbons (Fsp3) is 0.185. The van der Waals surface area contributed by atoms with Crippen molar-refractivity contribution in [2.75, 3.05) is 31.9 Å². The van der Waals surface area contributed by atoms with Crippen LogP contribution < -0.4 is 5.73 Å². The van der Waals surface area contributed by atoms with Gasteiger partial charge in [0, 0.05) is 42.7 Å². The minimum Gasteiger partial charge on any atom is -0.383 e. The van der Waals surface area contributed by atoms with Gasteiger partial charge in [0.1, 0.15) is 11.6 Å². The first-order chi connectivity index (χ1) is 16.6. The number of rotatable bonds is 5. The third-order valence-electron chi connectivity index (χ3n) is 6.14. The van der Waals surface area contributed by atoms with Crippen molar-refractivity contribution in [3.05, 3.63) is 101 Å². The zero-order chi connectivity index (χ0) is 23.5. The Hall–Kier alpha value is -4.10. The van der Waals surface area contributed by atoms with Crippen LogP contribution in [0.5, 0.6) is 0 Å². The summed E-state index contributed by atoms with van der Waals surface area (Å²) in [6, 6.07) is 23.8. The van der Waals surface area contributed by atoms with Crippen LogP contribution in [0.4, 0.5) is 5.82 Å². The number of nitrogens with zero attached hydrogens (tertiary/aromatic N) is 4. The van der Waals surface area contributed by atoms with Crippen LogP contribution in [-0.4, -0.2) is 57.6 Å². The number of carbonyl (C=O) groups excluding carboxylic acids is 2. The maximum Gasteiger partial charge on any atom is 0.254 e. The van der Waals surface area contributed by atoms with E-state index in [1.807, 2.05) is 47.4 Å². The Labute approximate surface area is 197 Å². The summed E-state index contributed by atoms with van der Waals surface area (Å²) in [6.45, 7) is 3.08. The van der Waals surface area contributed by atoms with Crippen LogP contribution in [0.3, 0.4) is 0 Å². The Morgan fingerprint density at radius 3 is 2.18 bits per heavy atom. The zero-order valence-electron chi connectivity index (χ0n) is 18.7. The molecular formula is C27H25N5O2. The Morgan fingerprint density at radius 2 is 1.41 bits per heavy atom. The number of carbonyl (C=O) groups is 2. The Balaban J connectivity index is 1.27. The highest BCUT2D eigenvalue weighted by molar-refractivity contribution is 6.15. The van der Waals surface area contributed by atoms with Gasteiger partial charge in [-0.1, -0.05) is 60.7 Å². The highest BCUT2D eigenvalue weighted by atomic mass is 16.2. The van der Waals surface area contributed by atoms with E-state index >= 15 is 0 Å². The normalized spacial score (nSPS) is 14.3. The van der Waals surface area contributed by atoms with Gasteiger partial charge in [-0.25, -0.2) is 9.97 Å². The van der Waals surface area contributed by atoms with Gasteiger partial charge in [-0.2, -0.15) is 0 Å². The summed E-state index contributed by atoms with van der Waals surface area (Å²) in [7, 11) is 0. The van der Waals surface area contributed by atoms with Gasteiger partial charge in [-0.3, -0.25) is 14.5 Å². The fourth-order valence-corrected chi connectivity index (χ4v) is 4.31.